The lowest BCUT2D eigenvalue weighted by Gasteiger charge is -2.13. The molecule has 2 nitrogen and oxygen atoms in total. The summed E-state index contributed by atoms with van der Waals surface area (Å²) in [7, 11) is 0. The maximum absolute atomic E-state index is 2.51. The number of benzene rings is 4. The second-order valence-electron chi connectivity index (χ2n) is 8.96. The van der Waals surface area contributed by atoms with Crippen LogP contribution < -0.4 is 0 Å². The van der Waals surface area contributed by atoms with Crippen LogP contribution in [0.3, 0.4) is 0 Å². The highest BCUT2D eigenvalue weighted by molar-refractivity contribution is 6.22. The first kappa shape index (κ1) is 16.3. The summed E-state index contributed by atoms with van der Waals surface area (Å²) in [4.78, 5) is 0. The summed E-state index contributed by atoms with van der Waals surface area (Å²) in [6.45, 7) is 8.85. The molecule has 7 aromatic rings. The average molecular weight is 386 g/mol. The van der Waals surface area contributed by atoms with E-state index in [1.54, 1.807) is 0 Å². The first-order chi connectivity index (χ1) is 14.5. The highest BCUT2D eigenvalue weighted by Crippen LogP contribution is 2.42. The molecule has 0 aliphatic carbocycles. The molecule has 144 valence electrons. The molecule has 7 rings (SSSR count). The van der Waals surface area contributed by atoms with Crippen molar-refractivity contribution in [1.82, 2.24) is 8.80 Å². The van der Waals surface area contributed by atoms with Gasteiger partial charge in [0.1, 0.15) is 0 Å². The summed E-state index contributed by atoms with van der Waals surface area (Å²) in [5, 5.41) is 5.43. The molecule has 4 aromatic carbocycles. The lowest BCUT2D eigenvalue weighted by atomic mass is 10.1. The third-order valence-corrected chi connectivity index (χ3v) is 6.99. The number of nitrogens with zero attached hydrogens (tertiary/aromatic N) is 2. The van der Waals surface area contributed by atoms with Gasteiger partial charge in [-0.1, -0.05) is 36.4 Å². The highest BCUT2D eigenvalue weighted by atomic mass is 15.0. The van der Waals surface area contributed by atoms with E-state index < -0.39 is 0 Å². The molecule has 0 atom stereocenters. The normalized spacial score (nSPS) is 12.7. The monoisotopic (exact) mass is 386 g/mol. The molecule has 0 spiro atoms. The third kappa shape index (κ3) is 1.72. The van der Waals surface area contributed by atoms with Crippen LogP contribution in [0.15, 0.2) is 60.7 Å². The van der Waals surface area contributed by atoms with Crippen molar-refractivity contribution in [2.24, 2.45) is 0 Å². The minimum absolute atomic E-state index is 1.29. The Morgan fingerprint density at radius 1 is 0.467 bits per heavy atom. The minimum atomic E-state index is 1.29. The fourth-order valence-corrected chi connectivity index (χ4v) is 5.67. The summed E-state index contributed by atoms with van der Waals surface area (Å²) in [5.74, 6) is 0. The van der Waals surface area contributed by atoms with Crippen LogP contribution in [0.1, 0.15) is 22.3 Å². The quantitative estimate of drug-likeness (QED) is 0.239. The zero-order valence-electron chi connectivity index (χ0n) is 17.7. The van der Waals surface area contributed by atoms with Gasteiger partial charge < -0.3 is 8.80 Å². The van der Waals surface area contributed by atoms with Gasteiger partial charge in [0.2, 0.25) is 0 Å². The predicted octanol–water partition coefficient (Wildman–Crippen LogP) is 7.48. The first-order valence-electron chi connectivity index (χ1n) is 10.6. The number of hydrogen-bond acceptors (Lipinski definition) is 0. The van der Waals surface area contributed by atoms with Gasteiger partial charge in [-0.3, -0.25) is 0 Å². The lowest BCUT2D eigenvalue weighted by Crippen LogP contribution is -1.98. The molecular formula is C28H22N2. The van der Waals surface area contributed by atoms with Crippen molar-refractivity contribution in [2.75, 3.05) is 0 Å². The standard InChI is InChI=1S/C28H22N2/c1-15-5-9-19-23(13-15)29-21-11-7-18(4)26-20-10-6-16(2)14-24(20)30(28(21)26)22-12-8-17(3)25(19)27(22)29/h5-14H,1-4H3. The van der Waals surface area contributed by atoms with Gasteiger partial charge in [0, 0.05) is 21.5 Å². The summed E-state index contributed by atoms with van der Waals surface area (Å²) in [6.07, 6.45) is 0. The Hall–Kier alpha value is -3.52. The van der Waals surface area contributed by atoms with Gasteiger partial charge >= 0.3 is 0 Å². The van der Waals surface area contributed by atoms with E-state index in [1.165, 1.54) is 76.9 Å². The molecule has 0 radical (unpaired) electrons. The van der Waals surface area contributed by atoms with Gasteiger partial charge in [0.15, 0.2) is 0 Å². The zero-order chi connectivity index (χ0) is 20.3. The van der Waals surface area contributed by atoms with Gasteiger partial charge in [-0.25, -0.2) is 0 Å². The maximum Gasteiger partial charge on any atom is 0.0785 e. The first-order valence-corrected chi connectivity index (χ1v) is 10.6. The molecule has 30 heavy (non-hydrogen) atoms. The van der Waals surface area contributed by atoms with Gasteiger partial charge in [0.05, 0.1) is 33.1 Å². The zero-order valence-corrected chi connectivity index (χ0v) is 17.7. The molecule has 3 heterocycles. The number of rotatable bonds is 0. The molecule has 0 bridgehead atoms. The molecule has 0 N–H and O–H groups in total. The van der Waals surface area contributed by atoms with Crippen LogP contribution >= 0.6 is 0 Å². The molecule has 2 heteroatoms. The Morgan fingerprint density at radius 2 is 0.900 bits per heavy atom. The number of hydrogen-bond donors (Lipinski definition) is 0. The molecule has 3 aromatic heterocycles. The van der Waals surface area contributed by atoms with E-state index in [4.69, 9.17) is 0 Å². The summed E-state index contributed by atoms with van der Waals surface area (Å²) >= 11 is 0. The predicted molar refractivity (Wildman–Crippen MR) is 129 cm³/mol. The minimum Gasteiger partial charge on any atom is -0.305 e. The van der Waals surface area contributed by atoms with Crippen molar-refractivity contribution >= 4 is 54.6 Å². The number of fused-ring (bicyclic) bond motifs is 8. The van der Waals surface area contributed by atoms with E-state index in [9.17, 15) is 0 Å². The fourth-order valence-electron chi connectivity index (χ4n) is 5.67. The van der Waals surface area contributed by atoms with Crippen LogP contribution in [0.5, 0.6) is 0 Å². The Balaban J connectivity index is 1.98. The molecule has 0 saturated carbocycles. The third-order valence-electron chi connectivity index (χ3n) is 6.99. The van der Waals surface area contributed by atoms with E-state index in [1.807, 2.05) is 0 Å². The van der Waals surface area contributed by atoms with Gasteiger partial charge in [-0.2, -0.15) is 0 Å². The SMILES string of the molecule is Cc1ccc2c3c(C)ccc4c3n(c2c1)c1ccc(C)c2c3ccc(C)cc3n4c21. The summed E-state index contributed by atoms with van der Waals surface area (Å²) in [6, 6.07) is 23.0. The van der Waals surface area contributed by atoms with Crippen molar-refractivity contribution < 1.29 is 0 Å². The maximum atomic E-state index is 2.51. The smallest absolute Gasteiger partial charge is 0.0785 e. The molecular weight excluding hydrogens is 364 g/mol. The largest absolute Gasteiger partial charge is 0.305 e. The fraction of sp³-hybridized carbons (Fsp3) is 0.143. The molecule has 0 amide bonds. The second kappa shape index (κ2) is 5.14. The average Bonchev–Trinajstić information content (AvgIpc) is 3.24. The van der Waals surface area contributed by atoms with E-state index in [0.29, 0.717) is 0 Å². The summed E-state index contributed by atoms with van der Waals surface area (Å²) < 4.78 is 5.01. The highest BCUT2D eigenvalue weighted by Gasteiger charge is 2.22. The Labute approximate surface area is 174 Å². The molecule has 0 fully saturated rings. The van der Waals surface area contributed by atoms with Crippen molar-refractivity contribution in [3.8, 4) is 0 Å². The van der Waals surface area contributed by atoms with Crippen LogP contribution in [0.4, 0.5) is 0 Å². The summed E-state index contributed by atoms with van der Waals surface area (Å²) in [5.41, 5.74) is 13.1. The second-order valence-corrected chi connectivity index (χ2v) is 8.96. The van der Waals surface area contributed by atoms with E-state index in [-0.39, 0.29) is 0 Å². The van der Waals surface area contributed by atoms with Crippen molar-refractivity contribution in [2.45, 2.75) is 27.7 Å². The van der Waals surface area contributed by atoms with E-state index in [2.05, 4.69) is 97.2 Å². The lowest BCUT2D eigenvalue weighted by molar-refractivity contribution is 1.25. The van der Waals surface area contributed by atoms with Crippen LogP contribution in [0.25, 0.3) is 54.6 Å². The molecule has 0 unspecified atom stereocenters. The number of aromatic nitrogens is 2. The molecule has 0 aliphatic heterocycles. The van der Waals surface area contributed by atoms with E-state index >= 15 is 0 Å². The van der Waals surface area contributed by atoms with Crippen LogP contribution in [-0.4, -0.2) is 8.80 Å². The topological polar surface area (TPSA) is 8.82 Å². The Kier molecular flexibility index (Phi) is 2.79. The van der Waals surface area contributed by atoms with Crippen LogP contribution in [0, 0.1) is 27.7 Å². The Bertz CT molecular complexity index is 1690. The van der Waals surface area contributed by atoms with E-state index in [0.717, 1.165) is 0 Å². The molecule has 0 saturated heterocycles. The Morgan fingerprint density at radius 3 is 1.33 bits per heavy atom. The van der Waals surface area contributed by atoms with Crippen LogP contribution in [0.2, 0.25) is 0 Å². The van der Waals surface area contributed by atoms with Crippen molar-refractivity contribution in [3.05, 3.63) is 82.9 Å². The van der Waals surface area contributed by atoms with Gasteiger partial charge in [0.25, 0.3) is 0 Å². The van der Waals surface area contributed by atoms with Crippen LogP contribution in [-0.2, 0) is 0 Å². The van der Waals surface area contributed by atoms with Gasteiger partial charge in [-0.05, 0) is 74.2 Å². The molecule has 0 aliphatic rings. The van der Waals surface area contributed by atoms with Crippen molar-refractivity contribution in [1.29, 1.82) is 0 Å². The van der Waals surface area contributed by atoms with Crippen molar-refractivity contribution in [3.63, 3.8) is 0 Å². The number of aryl methyl sites for hydroxylation is 4. The van der Waals surface area contributed by atoms with Gasteiger partial charge in [-0.15, -0.1) is 0 Å².